The van der Waals surface area contributed by atoms with Crippen LogP contribution in [0.3, 0.4) is 0 Å². The summed E-state index contributed by atoms with van der Waals surface area (Å²) in [6, 6.07) is 1.93. The maximum atomic E-state index is 9.23. The van der Waals surface area contributed by atoms with Crippen LogP contribution in [0.15, 0.2) is 0 Å². The van der Waals surface area contributed by atoms with Crippen molar-refractivity contribution in [3.8, 4) is 6.07 Å². The zero-order valence-electron chi connectivity index (χ0n) is 7.91. The van der Waals surface area contributed by atoms with Gasteiger partial charge in [0, 0.05) is 0 Å². The topological polar surface area (TPSA) is 53.2 Å². The lowest BCUT2D eigenvalue weighted by molar-refractivity contribution is -0.0220. The molecule has 0 spiro atoms. The van der Waals surface area contributed by atoms with Crippen LogP contribution in [0.2, 0.25) is 0 Å². The van der Waals surface area contributed by atoms with Crippen LogP contribution in [-0.2, 0) is 4.74 Å². The summed E-state index contributed by atoms with van der Waals surface area (Å²) in [5, 5.41) is 17.5. The van der Waals surface area contributed by atoms with E-state index in [9.17, 15) is 5.11 Å². The third-order valence-corrected chi connectivity index (χ3v) is 2.40. The summed E-state index contributed by atoms with van der Waals surface area (Å²) in [6.45, 7) is 0.318. The lowest BCUT2D eigenvalue weighted by atomic mass is 9.98. The van der Waals surface area contributed by atoms with Crippen molar-refractivity contribution < 1.29 is 9.84 Å². The number of aliphatic hydroxyl groups excluding tert-OH is 1. The Hall–Kier alpha value is -0.590. The molecule has 0 aliphatic heterocycles. The van der Waals surface area contributed by atoms with Gasteiger partial charge in [-0.2, -0.15) is 5.26 Å². The maximum absolute atomic E-state index is 9.23. The maximum Gasteiger partial charge on any atom is 0.0903 e. The number of hydrogen-bond donors (Lipinski definition) is 1. The Morgan fingerprint density at radius 2 is 2.08 bits per heavy atom. The normalized spacial score (nSPS) is 20.9. The van der Waals surface area contributed by atoms with Gasteiger partial charge in [0.2, 0.25) is 0 Å². The molecule has 0 aromatic rings. The van der Waals surface area contributed by atoms with Crippen molar-refractivity contribution in [3.05, 3.63) is 0 Å². The molecule has 0 amide bonds. The van der Waals surface area contributed by atoms with E-state index < -0.39 is 6.10 Å². The molecule has 1 aliphatic rings. The third-order valence-electron chi connectivity index (χ3n) is 2.40. The summed E-state index contributed by atoms with van der Waals surface area (Å²) in [5.41, 5.74) is 0. The second-order valence-electron chi connectivity index (χ2n) is 3.61. The van der Waals surface area contributed by atoms with Crippen LogP contribution in [0.5, 0.6) is 0 Å². The Balaban J connectivity index is 2.07. The van der Waals surface area contributed by atoms with E-state index in [1.165, 1.54) is 19.3 Å². The lowest BCUT2D eigenvalue weighted by Crippen LogP contribution is -2.23. The van der Waals surface area contributed by atoms with Gasteiger partial charge in [-0.25, -0.2) is 0 Å². The number of hydrogen-bond acceptors (Lipinski definition) is 3. The van der Waals surface area contributed by atoms with Crippen LogP contribution in [0.4, 0.5) is 0 Å². The van der Waals surface area contributed by atoms with Gasteiger partial charge >= 0.3 is 0 Å². The lowest BCUT2D eigenvalue weighted by Gasteiger charge is -2.22. The molecule has 0 heterocycles. The SMILES string of the molecule is N#CCC(O)COC1CCCCC1. The molecule has 0 aromatic heterocycles. The van der Waals surface area contributed by atoms with Crippen molar-refractivity contribution in [3.63, 3.8) is 0 Å². The van der Waals surface area contributed by atoms with Gasteiger partial charge in [0.1, 0.15) is 0 Å². The first-order chi connectivity index (χ1) is 6.33. The molecule has 3 heteroatoms. The zero-order chi connectivity index (χ0) is 9.52. The van der Waals surface area contributed by atoms with Crippen molar-refractivity contribution in [1.29, 1.82) is 5.26 Å². The molecule has 0 saturated heterocycles. The molecule has 74 valence electrons. The monoisotopic (exact) mass is 183 g/mol. The largest absolute Gasteiger partial charge is 0.390 e. The average Bonchev–Trinajstić information content (AvgIpc) is 2.17. The molecule has 13 heavy (non-hydrogen) atoms. The number of ether oxygens (including phenoxy) is 1. The first kappa shape index (κ1) is 10.5. The Labute approximate surface area is 79.3 Å². The fourth-order valence-electron chi connectivity index (χ4n) is 1.64. The van der Waals surface area contributed by atoms with Gasteiger partial charge in [-0.15, -0.1) is 0 Å². The summed E-state index contributed by atoms with van der Waals surface area (Å²) in [4.78, 5) is 0. The van der Waals surface area contributed by atoms with E-state index in [2.05, 4.69) is 0 Å². The van der Waals surface area contributed by atoms with Crippen LogP contribution in [0.25, 0.3) is 0 Å². The van der Waals surface area contributed by atoms with Gasteiger partial charge in [-0.05, 0) is 12.8 Å². The minimum Gasteiger partial charge on any atom is -0.390 e. The Kier molecular flexibility index (Phi) is 4.81. The molecule has 0 aromatic carbocycles. The van der Waals surface area contributed by atoms with E-state index in [-0.39, 0.29) is 6.42 Å². The van der Waals surface area contributed by atoms with Crippen LogP contribution < -0.4 is 0 Å². The first-order valence-electron chi connectivity index (χ1n) is 4.99. The highest BCUT2D eigenvalue weighted by Crippen LogP contribution is 2.20. The van der Waals surface area contributed by atoms with Crippen molar-refractivity contribution >= 4 is 0 Å². The Morgan fingerprint density at radius 1 is 1.38 bits per heavy atom. The van der Waals surface area contributed by atoms with Gasteiger partial charge < -0.3 is 9.84 Å². The van der Waals surface area contributed by atoms with Crippen LogP contribution >= 0.6 is 0 Å². The highest BCUT2D eigenvalue weighted by Gasteiger charge is 2.15. The van der Waals surface area contributed by atoms with Crippen molar-refractivity contribution in [2.75, 3.05) is 6.61 Å². The molecule has 1 fully saturated rings. The van der Waals surface area contributed by atoms with E-state index in [4.69, 9.17) is 10.00 Å². The minimum atomic E-state index is -0.605. The second kappa shape index (κ2) is 5.95. The van der Waals surface area contributed by atoms with E-state index in [0.717, 1.165) is 12.8 Å². The number of aliphatic hydroxyl groups is 1. The molecule has 0 radical (unpaired) electrons. The summed E-state index contributed by atoms with van der Waals surface area (Å²) in [5.74, 6) is 0. The fourth-order valence-corrected chi connectivity index (χ4v) is 1.64. The third kappa shape index (κ3) is 4.25. The smallest absolute Gasteiger partial charge is 0.0903 e. The van der Waals surface area contributed by atoms with Gasteiger partial charge in [-0.1, -0.05) is 19.3 Å². The van der Waals surface area contributed by atoms with Gasteiger partial charge in [0.05, 0.1) is 31.3 Å². The zero-order valence-corrected chi connectivity index (χ0v) is 7.91. The quantitative estimate of drug-likeness (QED) is 0.720. The molecular formula is C10H17NO2. The molecule has 1 aliphatic carbocycles. The summed E-state index contributed by atoms with van der Waals surface area (Å²) >= 11 is 0. The van der Waals surface area contributed by atoms with E-state index in [0.29, 0.717) is 12.7 Å². The molecule has 1 rings (SSSR count). The summed E-state index contributed by atoms with van der Waals surface area (Å²) in [7, 11) is 0. The molecular weight excluding hydrogens is 166 g/mol. The first-order valence-corrected chi connectivity index (χ1v) is 4.99. The number of rotatable bonds is 4. The molecule has 1 unspecified atom stereocenters. The van der Waals surface area contributed by atoms with E-state index in [1.807, 2.05) is 6.07 Å². The molecule has 1 atom stereocenters. The van der Waals surface area contributed by atoms with Gasteiger partial charge in [0.15, 0.2) is 0 Å². The summed E-state index contributed by atoms with van der Waals surface area (Å²) < 4.78 is 5.50. The Bertz CT molecular complexity index is 170. The van der Waals surface area contributed by atoms with Crippen LogP contribution in [-0.4, -0.2) is 23.9 Å². The van der Waals surface area contributed by atoms with Crippen molar-refractivity contribution in [1.82, 2.24) is 0 Å². The molecule has 0 bridgehead atoms. The summed E-state index contributed by atoms with van der Waals surface area (Å²) in [6.07, 6.45) is 5.89. The predicted octanol–water partition coefficient (Wildman–Crippen LogP) is 1.61. The molecule has 1 saturated carbocycles. The van der Waals surface area contributed by atoms with Crippen molar-refractivity contribution in [2.24, 2.45) is 0 Å². The standard InChI is InChI=1S/C10H17NO2/c11-7-6-9(12)8-13-10-4-2-1-3-5-10/h9-10,12H,1-6,8H2. The average molecular weight is 183 g/mol. The fraction of sp³-hybridized carbons (Fsp3) is 0.900. The predicted molar refractivity (Wildman–Crippen MR) is 49.1 cm³/mol. The highest BCUT2D eigenvalue weighted by molar-refractivity contribution is 4.75. The van der Waals surface area contributed by atoms with Gasteiger partial charge in [-0.3, -0.25) is 0 Å². The number of nitrogens with zero attached hydrogens (tertiary/aromatic N) is 1. The van der Waals surface area contributed by atoms with Gasteiger partial charge in [0.25, 0.3) is 0 Å². The number of nitriles is 1. The highest BCUT2D eigenvalue weighted by atomic mass is 16.5. The molecule has 1 N–H and O–H groups in total. The van der Waals surface area contributed by atoms with E-state index in [1.54, 1.807) is 0 Å². The minimum absolute atomic E-state index is 0.173. The second-order valence-corrected chi connectivity index (χ2v) is 3.61. The molecule has 3 nitrogen and oxygen atoms in total. The van der Waals surface area contributed by atoms with Crippen molar-refractivity contribution in [2.45, 2.75) is 50.7 Å². The Morgan fingerprint density at radius 3 is 2.69 bits per heavy atom. The van der Waals surface area contributed by atoms with Crippen LogP contribution in [0, 0.1) is 11.3 Å². The van der Waals surface area contributed by atoms with Crippen LogP contribution in [0.1, 0.15) is 38.5 Å². The van der Waals surface area contributed by atoms with E-state index >= 15 is 0 Å².